The molecule has 0 saturated carbocycles. The van der Waals surface area contributed by atoms with Crippen LogP contribution in [0.3, 0.4) is 0 Å². The van der Waals surface area contributed by atoms with Crippen molar-refractivity contribution in [1.29, 1.82) is 0 Å². The molecule has 20 nitrogen and oxygen atoms in total. The Morgan fingerprint density at radius 1 is 0.531 bits per heavy atom. The van der Waals surface area contributed by atoms with Gasteiger partial charge in [0.1, 0.15) is 27.0 Å². The first-order chi connectivity index (χ1) is 30.9. The smallest absolute Gasteiger partial charge is 0.282 e. The van der Waals surface area contributed by atoms with Gasteiger partial charge >= 0.3 is 0 Å². The lowest BCUT2D eigenvalue weighted by atomic mass is 10.1. The van der Waals surface area contributed by atoms with Gasteiger partial charge in [0.05, 0.1) is 51.7 Å². The molecule has 4 aromatic heterocycles. The number of fused-ring (bicyclic) bond motifs is 12. The van der Waals surface area contributed by atoms with E-state index in [0.29, 0.717) is 49.8 Å². The highest BCUT2D eigenvalue weighted by Gasteiger charge is 2.29. The second-order valence-electron chi connectivity index (χ2n) is 14.2. The third kappa shape index (κ3) is 6.73. The maximum absolute atomic E-state index is 12.7. The van der Waals surface area contributed by atoms with Gasteiger partial charge < -0.3 is 0 Å². The molecule has 0 atom stereocenters. The van der Waals surface area contributed by atoms with Gasteiger partial charge in [0.25, 0.3) is 20.2 Å². The zero-order valence-electron chi connectivity index (χ0n) is 32.0. The third-order valence-electron chi connectivity index (χ3n) is 10.7. The molecule has 0 bridgehead atoms. The van der Waals surface area contributed by atoms with Gasteiger partial charge in [0.15, 0.2) is 0 Å². The Bertz CT molecular complexity index is 3900. The first-order valence-corrected chi connectivity index (χ1v) is 22.9. The van der Waals surface area contributed by atoms with Crippen molar-refractivity contribution in [3.8, 4) is 11.4 Å². The number of benzene rings is 7. The van der Waals surface area contributed by atoms with Crippen LogP contribution in [0.4, 0.5) is 11.4 Å². The summed E-state index contributed by atoms with van der Waals surface area (Å²) in [6.07, 6.45) is 3.11. The molecule has 24 heteroatoms. The monoisotopic (exact) mass is 938 g/mol. The minimum absolute atomic E-state index is 0.175. The van der Waals surface area contributed by atoms with Gasteiger partial charge in [-0.3, -0.25) is 9.11 Å². The zero-order valence-corrected chi connectivity index (χ0v) is 35.2. The van der Waals surface area contributed by atoms with Crippen LogP contribution >= 0.6 is 24.1 Å². The molecule has 7 aromatic carbocycles. The van der Waals surface area contributed by atoms with Crippen LogP contribution in [0.2, 0.25) is 0 Å². The number of hydrogen-bond donors (Lipinski definition) is 4. The highest BCUT2D eigenvalue weighted by Crippen LogP contribution is 2.40. The summed E-state index contributed by atoms with van der Waals surface area (Å²) in [6, 6.07) is 34.5. The molecule has 0 spiro atoms. The first kappa shape index (κ1) is 40.3. The van der Waals surface area contributed by atoms with E-state index >= 15 is 0 Å². The Labute approximate surface area is 366 Å². The summed E-state index contributed by atoms with van der Waals surface area (Å²) in [5.74, 6) is 0. The molecule has 11 aromatic rings. The van der Waals surface area contributed by atoms with Crippen molar-refractivity contribution in [2.24, 2.45) is 10.2 Å². The summed E-state index contributed by atoms with van der Waals surface area (Å²) < 4.78 is 85.5. The molecule has 0 amide bonds. The van der Waals surface area contributed by atoms with Crippen molar-refractivity contribution >= 4 is 111 Å². The van der Waals surface area contributed by atoms with Crippen LogP contribution in [0.15, 0.2) is 151 Å². The van der Waals surface area contributed by atoms with Gasteiger partial charge in [0, 0.05) is 25.9 Å². The summed E-state index contributed by atoms with van der Waals surface area (Å²) in [6.45, 7) is 0. The highest BCUT2D eigenvalue weighted by molar-refractivity contribution is 7.95. The molecule has 11 rings (SSSR count). The van der Waals surface area contributed by atoms with Crippen molar-refractivity contribution in [2.45, 2.75) is 19.6 Å². The number of hydrogen-bond acceptors (Lipinski definition) is 14. The fourth-order valence-electron chi connectivity index (χ4n) is 7.80. The Kier molecular flexibility index (Phi) is 9.47. The van der Waals surface area contributed by atoms with E-state index in [1.54, 1.807) is 70.1 Å². The van der Waals surface area contributed by atoms with Gasteiger partial charge in [-0.25, -0.2) is 10.5 Å². The molecular formula is C40H26N8O12S4. The molecule has 4 heterocycles. The Balaban J connectivity index is 0.840. The maximum Gasteiger partial charge on any atom is 0.295 e. The summed E-state index contributed by atoms with van der Waals surface area (Å²) in [5.41, 5.74) is 6.46. The largest absolute Gasteiger partial charge is 0.295 e. The number of aromatic nitrogens is 6. The molecule has 322 valence electrons. The molecular weight excluding hydrogens is 913 g/mol. The molecule has 0 aliphatic rings. The maximum atomic E-state index is 12.7. The summed E-state index contributed by atoms with van der Waals surface area (Å²) in [4.78, 5) is 4.25. The van der Waals surface area contributed by atoms with E-state index in [9.17, 15) is 25.9 Å². The quantitative estimate of drug-likeness (QED) is 0.0198. The average Bonchev–Trinajstić information content (AvgIpc) is 4.15. The van der Waals surface area contributed by atoms with Gasteiger partial charge in [0.2, 0.25) is 0 Å². The lowest BCUT2D eigenvalue weighted by Crippen LogP contribution is -2.02. The van der Waals surface area contributed by atoms with E-state index in [2.05, 4.69) is 20.3 Å². The Morgan fingerprint density at radius 3 is 1.89 bits per heavy atom. The van der Waals surface area contributed by atoms with Crippen molar-refractivity contribution in [2.75, 3.05) is 0 Å². The van der Waals surface area contributed by atoms with Crippen molar-refractivity contribution in [3.05, 3.63) is 132 Å². The van der Waals surface area contributed by atoms with Crippen LogP contribution in [-0.2, 0) is 39.0 Å². The fraction of sp³-hybridized carbons (Fsp3) is 0. The lowest BCUT2D eigenvalue weighted by Gasteiger charge is -2.08. The number of azo groups is 1. The molecule has 0 aliphatic carbocycles. The van der Waals surface area contributed by atoms with E-state index < -0.39 is 20.2 Å². The minimum atomic E-state index is -4.71. The molecule has 64 heavy (non-hydrogen) atoms. The third-order valence-corrected chi connectivity index (χ3v) is 13.7. The Hall–Kier alpha value is -6.52. The van der Waals surface area contributed by atoms with Crippen molar-refractivity contribution < 1.29 is 55.2 Å². The van der Waals surface area contributed by atoms with Crippen LogP contribution in [0.5, 0.6) is 0 Å². The highest BCUT2D eigenvalue weighted by atomic mass is 32.2. The van der Waals surface area contributed by atoms with Crippen LogP contribution in [0, 0.1) is 0 Å². The predicted molar refractivity (Wildman–Crippen MR) is 233 cm³/mol. The van der Waals surface area contributed by atoms with Crippen molar-refractivity contribution in [1.82, 2.24) is 28.1 Å². The molecule has 0 radical (unpaired) electrons. The van der Waals surface area contributed by atoms with Gasteiger partial charge in [-0.2, -0.15) is 36.7 Å². The molecule has 4 N–H and O–H groups in total. The molecule has 0 fully saturated rings. The molecule has 0 saturated heterocycles. The Morgan fingerprint density at radius 2 is 1.16 bits per heavy atom. The second kappa shape index (κ2) is 15.0. The van der Waals surface area contributed by atoms with Gasteiger partial charge in [-0.15, -0.1) is 27.2 Å². The SMILES string of the molecule is O=S(=O)(O)c1ccc2c(ccc3c2n2n(-c4ccc(N=Nc5ccc(C=Cc6ccc(-n7n8c9cc(SOOO)c%10ccccc%10c9n78)cc6S(=O)(=O)O)c(SOOO)c5)cc4)n32)c1. The van der Waals surface area contributed by atoms with Gasteiger partial charge in [-0.1, -0.05) is 70.8 Å². The van der Waals surface area contributed by atoms with E-state index in [1.165, 1.54) is 24.3 Å². The van der Waals surface area contributed by atoms with Crippen LogP contribution in [-0.4, -0.2) is 64.6 Å². The lowest BCUT2D eigenvalue weighted by molar-refractivity contribution is -0.432. The van der Waals surface area contributed by atoms with Crippen molar-refractivity contribution in [3.63, 3.8) is 0 Å². The fourth-order valence-corrected chi connectivity index (χ4v) is 10.1. The second-order valence-corrected chi connectivity index (χ2v) is 18.5. The van der Waals surface area contributed by atoms with E-state index in [0.717, 1.165) is 56.0 Å². The number of nitrogens with zero attached hydrogens (tertiary/aromatic N) is 8. The summed E-state index contributed by atoms with van der Waals surface area (Å²) >= 11 is 1.51. The number of rotatable bonds is 14. The van der Waals surface area contributed by atoms with Crippen LogP contribution in [0.1, 0.15) is 11.1 Å². The predicted octanol–water partition coefficient (Wildman–Crippen LogP) is 9.40. The average molecular weight is 939 g/mol. The van der Waals surface area contributed by atoms with Crippen LogP contribution < -0.4 is 0 Å². The topological polar surface area (TPSA) is 238 Å². The molecule has 0 aliphatic heterocycles. The standard InChI is InChI=1S/C40H26N8O12S4/c49-57-59-61-36-20-27(42-41-26-11-14-28(15-12-26)43-45-34-18-9-25-19-30(63(51,52)53)16-17-31(25)39(34)47(43)45)10-7-23(36)5-6-24-8-13-29(21-38(24)64(54,55)56)44-46-35-22-37(62-60-58-50)32-3-1-2-4-33(32)40(35)48(44)46/h1-22,49-50H,(H,51,52,53)(H,54,55,56). The minimum Gasteiger partial charge on any atom is -0.282 e. The zero-order chi connectivity index (χ0) is 44.1. The summed E-state index contributed by atoms with van der Waals surface area (Å²) in [7, 11) is -9.04. The van der Waals surface area contributed by atoms with Crippen LogP contribution in [0.25, 0.3) is 67.1 Å². The molecule has 0 unspecified atom stereocenters. The van der Waals surface area contributed by atoms with E-state index in [-0.39, 0.29) is 15.4 Å². The summed E-state index contributed by atoms with van der Waals surface area (Å²) in [5, 5.41) is 37.2. The van der Waals surface area contributed by atoms with Gasteiger partial charge in [-0.05, 0) is 89.3 Å². The normalized spacial score (nSPS) is 13.2. The van der Waals surface area contributed by atoms with E-state index in [4.69, 9.17) is 19.2 Å². The van der Waals surface area contributed by atoms with E-state index in [1.807, 2.05) is 67.2 Å². The first-order valence-electron chi connectivity index (χ1n) is 18.6.